The molecule has 2 heterocycles. The van der Waals surface area contributed by atoms with Crippen LogP contribution in [0.1, 0.15) is 43.0 Å². The molecule has 31 heavy (non-hydrogen) atoms. The van der Waals surface area contributed by atoms with Crippen LogP contribution in [0, 0.1) is 12.7 Å². The molecule has 9 heteroatoms. The van der Waals surface area contributed by atoms with E-state index in [2.05, 4.69) is 32.7 Å². The summed E-state index contributed by atoms with van der Waals surface area (Å²) in [4.78, 5) is 7.11. The zero-order valence-corrected chi connectivity index (χ0v) is 18.8. The third kappa shape index (κ3) is 6.73. The van der Waals surface area contributed by atoms with Gasteiger partial charge in [-0.2, -0.15) is 0 Å². The summed E-state index contributed by atoms with van der Waals surface area (Å²) in [6, 6.07) is 6.86. The zero-order valence-electron chi connectivity index (χ0n) is 18.8. The standard InChI is InChI=1S/C22H34FN7O/c1-4-5-10-24-22(26-16-21-28-27-17(2)29(21)3)25-15-20(30-11-13-31-14-12-30)18-6-8-19(23)9-7-18/h6-9,20H,4-5,10-16H2,1-3H3,(H2,24,25,26). The zero-order chi connectivity index (χ0) is 22.1. The SMILES string of the molecule is CCCCNC(=NCc1nnc(C)n1C)NCC(c1ccc(F)cc1)N1CCOCC1. The first kappa shape index (κ1) is 23.1. The number of ether oxygens (including phenoxy) is 1. The molecule has 1 saturated heterocycles. The first-order valence-corrected chi connectivity index (χ1v) is 11.0. The Morgan fingerprint density at radius 2 is 1.94 bits per heavy atom. The average Bonchev–Trinajstić information content (AvgIpc) is 3.11. The number of hydrogen-bond acceptors (Lipinski definition) is 5. The van der Waals surface area contributed by atoms with Crippen LogP contribution in [-0.2, 0) is 18.3 Å². The van der Waals surface area contributed by atoms with Crippen LogP contribution in [0.15, 0.2) is 29.3 Å². The minimum atomic E-state index is -0.222. The van der Waals surface area contributed by atoms with Crippen molar-refractivity contribution in [2.45, 2.75) is 39.3 Å². The molecule has 170 valence electrons. The van der Waals surface area contributed by atoms with Crippen molar-refractivity contribution in [2.24, 2.45) is 12.0 Å². The van der Waals surface area contributed by atoms with E-state index in [-0.39, 0.29) is 11.9 Å². The van der Waals surface area contributed by atoms with Crippen LogP contribution < -0.4 is 10.6 Å². The fourth-order valence-corrected chi connectivity index (χ4v) is 3.52. The highest BCUT2D eigenvalue weighted by molar-refractivity contribution is 5.79. The van der Waals surface area contributed by atoms with Gasteiger partial charge < -0.3 is 19.9 Å². The summed E-state index contributed by atoms with van der Waals surface area (Å²) in [5.41, 5.74) is 1.08. The molecule has 0 radical (unpaired) electrons. The summed E-state index contributed by atoms with van der Waals surface area (Å²) < 4.78 is 21.0. The fourth-order valence-electron chi connectivity index (χ4n) is 3.52. The maximum absolute atomic E-state index is 13.5. The summed E-state index contributed by atoms with van der Waals surface area (Å²) >= 11 is 0. The van der Waals surface area contributed by atoms with Gasteiger partial charge in [0.05, 0.1) is 19.3 Å². The molecule has 0 spiro atoms. The first-order chi connectivity index (χ1) is 15.1. The van der Waals surface area contributed by atoms with Gasteiger partial charge in [0, 0.05) is 33.2 Å². The van der Waals surface area contributed by atoms with Crippen LogP contribution in [0.5, 0.6) is 0 Å². The molecule has 1 aromatic carbocycles. The maximum atomic E-state index is 13.5. The summed E-state index contributed by atoms with van der Waals surface area (Å²) in [7, 11) is 1.95. The van der Waals surface area contributed by atoms with Crippen molar-refractivity contribution in [3.63, 3.8) is 0 Å². The van der Waals surface area contributed by atoms with E-state index in [0.717, 1.165) is 55.6 Å². The second kappa shape index (κ2) is 11.8. The number of aliphatic imine (C=N–C) groups is 1. The first-order valence-electron chi connectivity index (χ1n) is 11.0. The van der Waals surface area contributed by atoms with Gasteiger partial charge in [-0.25, -0.2) is 9.38 Å². The van der Waals surface area contributed by atoms with E-state index in [1.165, 1.54) is 12.1 Å². The van der Waals surface area contributed by atoms with Crippen molar-refractivity contribution >= 4 is 5.96 Å². The third-order valence-corrected chi connectivity index (χ3v) is 5.59. The quantitative estimate of drug-likeness (QED) is 0.360. The fraction of sp³-hybridized carbons (Fsp3) is 0.591. The molecule has 2 N–H and O–H groups in total. The van der Waals surface area contributed by atoms with E-state index in [1.54, 1.807) is 0 Å². The number of benzene rings is 1. The molecule has 1 fully saturated rings. The number of nitrogens with one attached hydrogen (secondary N) is 2. The number of rotatable bonds is 9. The summed E-state index contributed by atoms with van der Waals surface area (Å²) in [5, 5.41) is 15.2. The molecule has 1 unspecified atom stereocenters. The van der Waals surface area contributed by atoms with Crippen molar-refractivity contribution in [2.75, 3.05) is 39.4 Å². The summed E-state index contributed by atoms with van der Waals surface area (Å²) in [5.74, 6) is 2.20. The van der Waals surface area contributed by atoms with Gasteiger partial charge in [-0.1, -0.05) is 25.5 Å². The minimum Gasteiger partial charge on any atom is -0.379 e. The van der Waals surface area contributed by atoms with E-state index in [9.17, 15) is 4.39 Å². The van der Waals surface area contributed by atoms with Gasteiger partial charge >= 0.3 is 0 Å². The Morgan fingerprint density at radius 3 is 2.58 bits per heavy atom. The van der Waals surface area contributed by atoms with Crippen molar-refractivity contribution in [3.05, 3.63) is 47.3 Å². The van der Waals surface area contributed by atoms with Crippen LogP contribution >= 0.6 is 0 Å². The Bertz CT molecular complexity index is 831. The molecule has 1 aliphatic rings. The molecule has 8 nitrogen and oxygen atoms in total. The lowest BCUT2D eigenvalue weighted by Gasteiger charge is -2.35. The number of aromatic nitrogens is 3. The molecule has 0 bridgehead atoms. The predicted molar refractivity (Wildman–Crippen MR) is 119 cm³/mol. The predicted octanol–water partition coefficient (Wildman–Crippen LogP) is 2.17. The number of hydrogen-bond donors (Lipinski definition) is 2. The number of morpholine rings is 1. The normalized spacial score (nSPS) is 16.3. The Morgan fingerprint density at radius 1 is 1.19 bits per heavy atom. The minimum absolute atomic E-state index is 0.0970. The molecular weight excluding hydrogens is 397 g/mol. The number of guanidine groups is 1. The molecule has 0 amide bonds. The average molecular weight is 432 g/mol. The van der Waals surface area contributed by atoms with Gasteiger partial charge in [-0.05, 0) is 31.0 Å². The third-order valence-electron chi connectivity index (χ3n) is 5.59. The number of nitrogens with zero attached hydrogens (tertiary/aromatic N) is 5. The van der Waals surface area contributed by atoms with Crippen molar-refractivity contribution in [1.82, 2.24) is 30.3 Å². The number of aryl methyl sites for hydroxylation is 1. The highest BCUT2D eigenvalue weighted by atomic mass is 19.1. The molecular formula is C22H34FN7O. The lowest BCUT2D eigenvalue weighted by molar-refractivity contribution is 0.0170. The van der Waals surface area contributed by atoms with Gasteiger partial charge in [0.1, 0.15) is 18.2 Å². The molecule has 1 aromatic heterocycles. The Balaban J connectivity index is 1.72. The van der Waals surface area contributed by atoms with E-state index in [1.807, 2.05) is 30.7 Å². The van der Waals surface area contributed by atoms with E-state index < -0.39 is 0 Å². The molecule has 1 atom stereocenters. The second-order valence-corrected chi connectivity index (χ2v) is 7.76. The van der Waals surface area contributed by atoms with E-state index in [4.69, 9.17) is 9.73 Å². The molecule has 3 rings (SSSR count). The van der Waals surface area contributed by atoms with Crippen LogP contribution in [0.4, 0.5) is 4.39 Å². The van der Waals surface area contributed by atoms with Crippen LogP contribution in [-0.4, -0.2) is 65.0 Å². The Labute approximate surface area is 183 Å². The summed E-state index contributed by atoms with van der Waals surface area (Å²) in [6.07, 6.45) is 2.17. The molecule has 2 aromatic rings. The van der Waals surface area contributed by atoms with Crippen LogP contribution in [0.3, 0.4) is 0 Å². The lowest BCUT2D eigenvalue weighted by Crippen LogP contribution is -2.46. The van der Waals surface area contributed by atoms with Gasteiger partial charge in [0.2, 0.25) is 0 Å². The van der Waals surface area contributed by atoms with Gasteiger partial charge in [-0.15, -0.1) is 10.2 Å². The van der Waals surface area contributed by atoms with Crippen molar-refractivity contribution < 1.29 is 9.13 Å². The van der Waals surface area contributed by atoms with Crippen LogP contribution in [0.2, 0.25) is 0 Å². The van der Waals surface area contributed by atoms with Crippen molar-refractivity contribution in [3.8, 4) is 0 Å². The topological polar surface area (TPSA) is 79.6 Å². The number of halogens is 1. The van der Waals surface area contributed by atoms with Crippen molar-refractivity contribution in [1.29, 1.82) is 0 Å². The smallest absolute Gasteiger partial charge is 0.191 e. The van der Waals surface area contributed by atoms with Gasteiger partial charge in [0.15, 0.2) is 11.8 Å². The Hall–Kier alpha value is -2.52. The molecule has 1 aliphatic heterocycles. The lowest BCUT2D eigenvalue weighted by atomic mass is 10.0. The van der Waals surface area contributed by atoms with E-state index in [0.29, 0.717) is 26.3 Å². The van der Waals surface area contributed by atoms with Crippen LogP contribution in [0.25, 0.3) is 0 Å². The maximum Gasteiger partial charge on any atom is 0.191 e. The highest BCUT2D eigenvalue weighted by Crippen LogP contribution is 2.21. The largest absolute Gasteiger partial charge is 0.379 e. The highest BCUT2D eigenvalue weighted by Gasteiger charge is 2.23. The van der Waals surface area contributed by atoms with Gasteiger partial charge in [0.25, 0.3) is 0 Å². The summed E-state index contributed by atoms with van der Waals surface area (Å²) in [6.45, 7) is 9.14. The Kier molecular flexibility index (Phi) is 8.78. The second-order valence-electron chi connectivity index (χ2n) is 7.76. The molecule has 0 saturated carbocycles. The molecule has 0 aliphatic carbocycles. The van der Waals surface area contributed by atoms with Gasteiger partial charge in [-0.3, -0.25) is 4.90 Å². The van der Waals surface area contributed by atoms with E-state index >= 15 is 0 Å². The monoisotopic (exact) mass is 431 g/mol. The number of unbranched alkanes of at least 4 members (excludes halogenated alkanes) is 1.